The number of aryl methyl sites for hydroxylation is 1. The molecule has 1 aliphatic rings. The number of hydrogen-bond acceptors (Lipinski definition) is 4. The van der Waals surface area contributed by atoms with Crippen LogP contribution in [-0.2, 0) is 6.42 Å². The van der Waals surface area contributed by atoms with Crippen molar-refractivity contribution in [3.8, 4) is 0 Å². The summed E-state index contributed by atoms with van der Waals surface area (Å²) in [5.74, 6) is 0. The molecule has 1 aromatic rings. The van der Waals surface area contributed by atoms with Crippen LogP contribution in [-0.4, -0.2) is 55.2 Å². The van der Waals surface area contributed by atoms with Gasteiger partial charge in [-0.25, -0.2) is 0 Å². The maximum absolute atomic E-state index is 12.4. The van der Waals surface area contributed by atoms with Gasteiger partial charge in [-0.05, 0) is 18.6 Å². The molecule has 2 N–H and O–H groups in total. The summed E-state index contributed by atoms with van der Waals surface area (Å²) < 4.78 is 37.2. The summed E-state index contributed by atoms with van der Waals surface area (Å²) in [4.78, 5) is 6.21. The highest BCUT2D eigenvalue weighted by molar-refractivity contribution is 7.12. The molecule has 2 heterocycles. The Hall–Kier alpha value is -0.630. The van der Waals surface area contributed by atoms with E-state index in [1.165, 1.54) is 14.7 Å². The topological polar surface area (TPSA) is 32.5 Å². The molecular formula is C14H22F3N3S. The molecule has 0 aromatic carbocycles. The molecule has 0 aliphatic carbocycles. The average Bonchev–Trinajstić information content (AvgIpc) is 2.88. The maximum atomic E-state index is 12.4. The minimum absolute atomic E-state index is 0.128. The highest BCUT2D eigenvalue weighted by atomic mass is 32.1. The molecule has 1 atom stereocenters. The van der Waals surface area contributed by atoms with Gasteiger partial charge in [0.2, 0.25) is 0 Å². The Morgan fingerprint density at radius 3 is 2.38 bits per heavy atom. The monoisotopic (exact) mass is 321 g/mol. The van der Waals surface area contributed by atoms with Crippen LogP contribution in [0, 0.1) is 0 Å². The van der Waals surface area contributed by atoms with Crippen LogP contribution in [0.25, 0.3) is 0 Å². The summed E-state index contributed by atoms with van der Waals surface area (Å²) >= 11 is 1.75. The van der Waals surface area contributed by atoms with Crippen molar-refractivity contribution in [2.24, 2.45) is 5.73 Å². The van der Waals surface area contributed by atoms with Gasteiger partial charge in [-0.3, -0.25) is 9.80 Å². The summed E-state index contributed by atoms with van der Waals surface area (Å²) in [7, 11) is 0. The van der Waals surface area contributed by atoms with E-state index in [-0.39, 0.29) is 6.04 Å². The molecule has 0 radical (unpaired) electrons. The Morgan fingerprint density at radius 2 is 1.90 bits per heavy atom. The molecule has 0 spiro atoms. The van der Waals surface area contributed by atoms with E-state index in [1.54, 1.807) is 11.3 Å². The highest BCUT2D eigenvalue weighted by Crippen LogP contribution is 2.28. The number of alkyl halides is 3. The fourth-order valence-corrected chi connectivity index (χ4v) is 3.80. The van der Waals surface area contributed by atoms with Gasteiger partial charge in [0, 0.05) is 42.5 Å². The van der Waals surface area contributed by atoms with Gasteiger partial charge in [-0.1, -0.05) is 6.92 Å². The van der Waals surface area contributed by atoms with E-state index in [2.05, 4.69) is 24.0 Å². The first kappa shape index (κ1) is 16.7. The minimum Gasteiger partial charge on any atom is -0.329 e. The molecule has 1 aliphatic heterocycles. The zero-order valence-electron chi connectivity index (χ0n) is 12.2. The Balaban J connectivity index is 1.93. The van der Waals surface area contributed by atoms with Crippen LogP contribution < -0.4 is 5.73 Å². The van der Waals surface area contributed by atoms with Gasteiger partial charge in [-0.2, -0.15) is 13.2 Å². The number of thiophene rings is 1. The van der Waals surface area contributed by atoms with Crippen molar-refractivity contribution in [1.29, 1.82) is 0 Å². The van der Waals surface area contributed by atoms with E-state index in [0.717, 1.165) is 6.42 Å². The Labute approximate surface area is 127 Å². The van der Waals surface area contributed by atoms with Crippen molar-refractivity contribution in [3.63, 3.8) is 0 Å². The van der Waals surface area contributed by atoms with Crippen LogP contribution in [0.5, 0.6) is 0 Å². The molecule has 1 unspecified atom stereocenters. The quantitative estimate of drug-likeness (QED) is 0.904. The van der Waals surface area contributed by atoms with Crippen LogP contribution in [0.15, 0.2) is 12.1 Å². The molecule has 1 aromatic heterocycles. The van der Waals surface area contributed by atoms with Gasteiger partial charge >= 0.3 is 6.18 Å². The lowest BCUT2D eigenvalue weighted by atomic mass is 10.1. The molecule has 7 heteroatoms. The lowest BCUT2D eigenvalue weighted by molar-refractivity contribution is -0.149. The van der Waals surface area contributed by atoms with Crippen molar-refractivity contribution >= 4 is 11.3 Å². The maximum Gasteiger partial charge on any atom is 0.401 e. The Kier molecular flexibility index (Phi) is 5.65. The summed E-state index contributed by atoms with van der Waals surface area (Å²) in [6, 6.07) is 4.34. The summed E-state index contributed by atoms with van der Waals surface area (Å²) in [6.07, 6.45) is -3.11. The lowest BCUT2D eigenvalue weighted by Crippen LogP contribution is -2.51. The van der Waals surface area contributed by atoms with E-state index in [0.29, 0.717) is 32.7 Å². The molecule has 0 amide bonds. The van der Waals surface area contributed by atoms with Gasteiger partial charge < -0.3 is 5.73 Å². The fraction of sp³-hybridized carbons (Fsp3) is 0.714. The zero-order chi connectivity index (χ0) is 15.5. The molecule has 1 fully saturated rings. The first-order chi connectivity index (χ1) is 9.93. The standard InChI is InChI=1S/C14H22F3N3S/c1-2-11-3-4-13(21-11)12(9-18)20-7-5-19(6-8-20)10-14(15,16)17/h3-4,12H,2,5-10,18H2,1H3. The van der Waals surface area contributed by atoms with Crippen LogP contribution >= 0.6 is 11.3 Å². The molecule has 1 saturated heterocycles. The van der Waals surface area contributed by atoms with E-state index >= 15 is 0 Å². The normalized spacial score (nSPS) is 19.9. The smallest absolute Gasteiger partial charge is 0.329 e. The summed E-state index contributed by atoms with van der Waals surface area (Å²) in [5, 5.41) is 0. The molecule has 2 rings (SSSR count). The Bertz CT molecular complexity index is 439. The third-order valence-corrected chi connectivity index (χ3v) is 5.16. The van der Waals surface area contributed by atoms with E-state index in [1.807, 2.05) is 0 Å². The lowest BCUT2D eigenvalue weighted by Gasteiger charge is -2.38. The van der Waals surface area contributed by atoms with Gasteiger partial charge in [-0.15, -0.1) is 11.3 Å². The molecule has 0 bridgehead atoms. The Morgan fingerprint density at radius 1 is 1.24 bits per heavy atom. The van der Waals surface area contributed by atoms with Gasteiger partial charge in [0.1, 0.15) is 0 Å². The number of nitrogens with zero attached hydrogens (tertiary/aromatic N) is 2. The number of nitrogens with two attached hydrogens (primary N) is 1. The second-order valence-electron chi connectivity index (χ2n) is 5.34. The van der Waals surface area contributed by atoms with E-state index in [4.69, 9.17) is 5.73 Å². The second kappa shape index (κ2) is 7.09. The second-order valence-corrected chi connectivity index (χ2v) is 6.54. The predicted octanol–water partition coefficient (Wildman–Crippen LogP) is 2.49. The van der Waals surface area contributed by atoms with Crippen molar-refractivity contribution in [2.75, 3.05) is 39.3 Å². The third kappa shape index (κ3) is 4.67. The predicted molar refractivity (Wildman–Crippen MR) is 79.6 cm³/mol. The van der Waals surface area contributed by atoms with Crippen molar-refractivity contribution < 1.29 is 13.2 Å². The van der Waals surface area contributed by atoms with Gasteiger partial charge in [0.05, 0.1) is 12.6 Å². The molecule has 120 valence electrons. The van der Waals surface area contributed by atoms with Crippen LogP contribution in [0.1, 0.15) is 22.7 Å². The van der Waals surface area contributed by atoms with Crippen LogP contribution in [0.3, 0.4) is 0 Å². The van der Waals surface area contributed by atoms with Crippen LogP contribution in [0.2, 0.25) is 0 Å². The molecule has 21 heavy (non-hydrogen) atoms. The van der Waals surface area contributed by atoms with Crippen molar-refractivity contribution in [3.05, 3.63) is 21.9 Å². The number of piperazine rings is 1. The SMILES string of the molecule is CCc1ccc(C(CN)N2CCN(CC(F)(F)F)CC2)s1. The largest absolute Gasteiger partial charge is 0.401 e. The van der Waals surface area contributed by atoms with Crippen LogP contribution in [0.4, 0.5) is 13.2 Å². The van der Waals surface area contributed by atoms with Crippen molar-refractivity contribution in [2.45, 2.75) is 25.6 Å². The first-order valence-electron chi connectivity index (χ1n) is 7.24. The molecule has 3 nitrogen and oxygen atoms in total. The van der Waals surface area contributed by atoms with Gasteiger partial charge in [0.25, 0.3) is 0 Å². The summed E-state index contributed by atoms with van der Waals surface area (Å²) in [5.41, 5.74) is 5.89. The van der Waals surface area contributed by atoms with Crippen molar-refractivity contribution in [1.82, 2.24) is 9.80 Å². The molecular weight excluding hydrogens is 299 g/mol. The number of hydrogen-bond donors (Lipinski definition) is 1. The highest BCUT2D eigenvalue weighted by Gasteiger charge is 2.33. The number of rotatable bonds is 5. The third-order valence-electron chi connectivity index (χ3n) is 3.83. The number of halogens is 3. The van der Waals surface area contributed by atoms with E-state index < -0.39 is 12.7 Å². The first-order valence-corrected chi connectivity index (χ1v) is 8.06. The van der Waals surface area contributed by atoms with E-state index in [9.17, 15) is 13.2 Å². The minimum atomic E-state index is -4.11. The summed E-state index contributed by atoms with van der Waals surface area (Å²) in [6.45, 7) is 3.97. The average molecular weight is 321 g/mol. The fourth-order valence-electron chi connectivity index (χ4n) is 2.70. The molecule has 0 saturated carbocycles. The van der Waals surface area contributed by atoms with Gasteiger partial charge in [0.15, 0.2) is 0 Å². The zero-order valence-corrected chi connectivity index (χ0v) is 13.0.